The van der Waals surface area contributed by atoms with Crippen LogP contribution in [0, 0.1) is 17.9 Å². The van der Waals surface area contributed by atoms with Gasteiger partial charge < -0.3 is 5.11 Å². The van der Waals surface area contributed by atoms with E-state index in [1.165, 1.54) is 21.7 Å². The normalized spacial score (nSPS) is 12.0. The van der Waals surface area contributed by atoms with E-state index < -0.39 is 0 Å². The maximum atomic E-state index is 11.7. The van der Waals surface area contributed by atoms with Crippen molar-refractivity contribution in [2.75, 3.05) is 0 Å². The van der Waals surface area contributed by atoms with E-state index in [0.29, 0.717) is 0 Å². The summed E-state index contributed by atoms with van der Waals surface area (Å²) >= 11 is 1.74. The molecule has 3 nitrogen and oxygen atoms in total. The molecule has 0 unspecified atom stereocenters. The molecule has 0 saturated heterocycles. The summed E-state index contributed by atoms with van der Waals surface area (Å²) in [5, 5.41) is 13.2. The number of carbonyl (C=O) groups is 1. The predicted molar refractivity (Wildman–Crippen MR) is 164 cm³/mol. The van der Waals surface area contributed by atoms with Crippen molar-refractivity contribution in [3.8, 4) is 10.6 Å². The first-order chi connectivity index (χ1) is 18.1. The van der Waals surface area contributed by atoms with Gasteiger partial charge in [-0.1, -0.05) is 89.7 Å². The molecule has 0 aliphatic rings. The number of aliphatic hydroxyl groups is 1. The Kier molecular flexibility index (Phi) is 12.5. The van der Waals surface area contributed by atoms with Crippen LogP contribution in [-0.2, 0) is 30.3 Å². The van der Waals surface area contributed by atoms with Crippen LogP contribution in [0.4, 0.5) is 0 Å². The predicted octanol–water partition coefficient (Wildman–Crippen LogP) is 10.1. The number of carbonyl (C=O) groups excluding carboxylic acids is 1. The third-order valence-corrected chi connectivity index (χ3v) is 8.26. The average Bonchev–Trinajstić information content (AvgIpc) is 3.34. The number of nitrogens with zero attached hydrogens (tertiary/aromatic N) is 1. The van der Waals surface area contributed by atoms with Gasteiger partial charge in [0, 0.05) is 42.7 Å². The summed E-state index contributed by atoms with van der Waals surface area (Å²) in [7, 11) is 0. The second-order valence-electron chi connectivity index (χ2n) is 10.9. The largest absolute Gasteiger partial charge is 0.512 e. The third-order valence-electron chi connectivity index (χ3n) is 7.19. The van der Waals surface area contributed by atoms with Gasteiger partial charge >= 0.3 is 0 Å². The fourth-order valence-corrected chi connectivity index (χ4v) is 5.67. The number of thiazole rings is 1. The molecule has 211 valence electrons. The third kappa shape index (κ3) is 8.33. The van der Waals surface area contributed by atoms with Gasteiger partial charge in [0.1, 0.15) is 0 Å². The van der Waals surface area contributed by atoms with E-state index in [1.807, 2.05) is 33.8 Å². The van der Waals surface area contributed by atoms with E-state index >= 15 is 0 Å². The summed E-state index contributed by atoms with van der Waals surface area (Å²) in [5.41, 5.74) is 3.59. The second kappa shape index (κ2) is 14.9. The molecule has 0 amide bonds. The van der Waals surface area contributed by atoms with Gasteiger partial charge in [0.15, 0.2) is 5.78 Å². The van der Waals surface area contributed by atoms with E-state index in [4.69, 9.17) is 4.98 Å². The summed E-state index contributed by atoms with van der Waals surface area (Å²) in [4.78, 5) is 16.5. The summed E-state index contributed by atoms with van der Waals surface area (Å²) in [6, 6.07) is 22.6. The Hall–Kier alpha value is -2.33. The molecule has 0 atom stereocenters. The van der Waals surface area contributed by atoms with Gasteiger partial charge in [-0.05, 0) is 43.2 Å². The smallest absolute Gasteiger partial charge is 0.162 e. The number of rotatable bonds is 8. The van der Waals surface area contributed by atoms with Crippen LogP contribution < -0.4 is 0 Å². The second-order valence-corrected chi connectivity index (χ2v) is 11.9. The summed E-state index contributed by atoms with van der Waals surface area (Å²) in [6.07, 6.45) is 4.91. The van der Waals surface area contributed by atoms with Crippen molar-refractivity contribution in [2.45, 2.75) is 79.6 Å². The molecule has 0 saturated carbocycles. The van der Waals surface area contributed by atoms with E-state index in [9.17, 15) is 9.90 Å². The maximum absolute atomic E-state index is 11.7. The van der Waals surface area contributed by atoms with Crippen molar-refractivity contribution in [1.29, 1.82) is 0 Å². The van der Waals surface area contributed by atoms with Crippen molar-refractivity contribution in [3.63, 3.8) is 0 Å². The molecular weight excluding hydrogens is 679 g/mol. The standard InChI is InChI=1S/C21H18NS.C13H24O2.Ir/c1-21(2,3)17-13-15(12-14-8-4-5-9-16(14)17)20-22-18-10-6-7-11-19(18)23-20;1-5-10(6-2)12(14)9-13(15)11(7-3)8-4;/h4-11,13H,1-3H3;9-11,14H,5-8H2,1-4H3;/q-1;;/b;12-9-;. The van der Waals surface area contributed by atoms with Crippen LogP contribution in [0.3, 0.4) is 0 Å². The van der Waals surface area contributed by atoms with Crippen LogP contribution in [0.2, 0.25) is 0 Å². The van der Waals surface area contributed by atoms with E-state index in [0.717, 1.165) is 47.2 Å². The summed E-state index contributed by atoms with van der Waals surface area (Å²) in [6.45, 7) is 14.9. The van der Waals surface area contributed by atoms with Crippen molar-refractivity contribution in [2.24, 2.45) is 11.8 Å². The van der Waals surface area contributed by atoms with E-state index in [-0.39, 0.29) is 48.9 Å². The van der Waals surface area contributed by atoms with E-state index in [1.54, 1.807) is 11.3 Å². The molecule has 5 heteroatoms. The number of hydrogen-bond acceptors (Lipinski definition) is 4. The first-order valence-corrected chi connectivity index (χ1v) is 14.7. The van der Waals surface area contributed by atoms with Gasteiger partial charge in [-0.15, -0.1) is 29.1 Å². The molecule has 4 aromatic rings. The molecule has 39 heavy (non-hydrogen) atoms. The maximum Gasteiger partial charge on any atom is 0.162 e. The molecule has 0 aliphatic carbocycles. The Morgan fingerprint density at radius 3 is 2.13 bits per heavy atom. The van der Waals surface area contributed by atoms with Crippen LogP contribution >= 0.6 is 11.3 Å². The number of fused-ring (bicyclic) bond motifs is 2. The number of aromatic nitrogens is 1. The number of allylic oxidation sites excluding steroid dienone is 2. The minimum atomic E-state index is 0. The molecule has 1 heterocycles. The molecular formula is C34H42IrNO2S-. The molecule has 1 radical (unpaired) electrons. The van der Waals surface area contributed by atoms with Gasteiger partial charge in [-0.2, -0.15) is 11.3 Å². The van der Waals surface area contributed by atoms with Crippen LogP contribution in [0.25, 0.3) is 31.6 Å². The van der Waals surface area contributed by atoms with Gasteiger partial charge in [0.25, 0.3) is 0 Å². The number of hydrogen-bond donors (Lipinski definition) is 1. The Balaban J connectivity index is 0.000000294. The Labute approximate surface area is 252 Å². The molecule has 0 aliphatic heterocycles. The zero-order valence-electron chi connectivity index (χ0n) is 24.3. The van der Waals surface area contributed by atoms with Crippen LogP contribution in [0.5, 0.6) is 0 Å². The van der Waals surface area contributed by atoms with Crippen molar-refractivity contribution >= 4 is 38.1 Å². The molecule has 1 aromatic heterocycles. The molecule has 4 rings (SSSR count). The SMILES string of the molecule is CC(C)(C)c1cc(-c2nc3ccccc3s2)[c-]c2ccccc12.CCC(CC)C(=O)/C=C(\O)C(CC)CC.[Ir]. The van der Waals surface area contributed by atoms with Gasteiger partial charge in [0.05, 0.1) is 16.3 Å². The van der Waals surface area contributed by atoms with Crippen LogP contribution in [0.15, 0.2) is 66.4 Å². The molecule has 0 spiro atoms. The quantitative estimate of drug-likeness (QED) is 0.112. The zero-order valence-corrected chi connectivity index (χ0v) is 27.5. The number of ketones is 1. The Morgan fingerprint density at radius 1 is 0.949 bits per heavy atom. The number of para-hydroxylation sites is 1. The minimum absolute atomic E-state index is 0. The summed E-state index contributed by atoms with van der Waals surface area (Å²) in [5.74, 6) is 0.547. The first-order valence-electron chi connectivity index (χ1n) is 13.9. The van der Waals surface area contributed by atoms with Gasteiger partial charge in [-0.25, -0.2) is 0 Å². The Bertz CT molecular complexity index is 1360. The number of aliphatic hydroxyl groups excluding tert-OH is 1. The molecule has 0 fully saturated rings. The van der Waals surface area contributed by atoms with Crippen molar-refractivity contribution in [3.05, 3.63) is 78.1 Å². The van der Waals surface area contributed by atoms with Crippen LogP contribution in [0.1, 0.15) is 79.7 Å². The minimum Gasteiger partial charge on any atom is -0.512 e. The molecule has 3 aromatic carbocycles. The number of benzene rings is 3. The molecule has 0 bridgehead atoms. The van der Waals surface area contributed by atoms with Crippen molar-refractivity contribution < 1.29 is 30.0 Å². The fourth-order valence-electron chi connectivity index (χ4n) is 4.73. The topological polar surface area (TPSA) is 50.2 Å². The monoisotopic (exact) mass is 721 g/mol. The van der Waals surface area contributed by atoms with Crippen molar-refractivity contribution in [1.82, 2.24) is 4.98 Å². The van der Waals surface area contributed by atoms with E-state index in [2.05, 4.69) is 75.4 Å². The first kappa shape index (κ1) is 32.9. The Morgan fingerprint density at radius 2 is 1.54 bits per heavy atom. The van der Waals surface area contributed by atoms with Crippen LogP contribution in [-0.4, -0.2) is 15.9 Å². The summed E-state index contributed by atoms with van der Waals surface area (Å²) < 4.78 is 1.22. The van der Waals surface area contributed by atoms with Gasteiger partial charge in [-0.3, -0.25) is 9.78 Å². The fraction of sp³-hybridized carbons (Fsp3) is 0.412. The molecule has 1 N–H and O–H groups in total. The average molecular weight is 721 g/mol. The zero-order chi connectivity index (χ0) is 27.9. The van der Waals surface area contributed by atoms with Gasteiger partial charge in [0.2, 0.25) is 0 Å².